The van der Waals surface area contributed by atoms with E-state index in [0.29, 0.717) is 15.5 Å². The minimum absolute atomic E-state index is 0.0661. The molecule has 2 aromatic carbocycles. The number of anilines is 1. The molecule has 0 saturated heterocycles. The van der Waals surface area contributed by atoms with Gasteiger partial charge in [-0.25, -0.2) is 9.59 Å². The molecule has 0 radical (unpaired) electrons. The molecule has 1 aliphatic rings. The molecule has 1 amide bonds. The monoisotopic (exact) mass is 526 g/mol. The summed E-state index contributed by atoms with van der Waals surface area (Å²) >= 11 is 1.12. The number of hydrogen-bond acceptors (Lipinski definition) is 9. The van der Waals surface area contributed by atoms with Crippen molar-refractivity contribution in [1.82, 2.24) is 5.32 Å². The smallest absolute Gasteiger partial charge is 0.407 e. The van der Waals surface area contributed by atoms with Gasteiger partial charge in [0.25, 0.3) is 0 Å². The van der Waals surface area contributed by atoms with Crippen molar-refractivity contribution in [2.45, 2.75) is 33.3 Å². The van der Waals surface area contributed by atoms with Crippen molar-refractivity contribution < 1.29 is 33.7 Å². The zero-order valence-corrected chi connectivity index (χ0v) is 21.9. The topological polar surface area (TPSA) is 123 Å². The molecule has 1 heterocycles. The number of rotatable bonds is 9. The van der Waals surface area contributed by atoms with Crippen molar-refractivity contribution in [2.75, 3.05) is 25.1 Å². The second-order valence-corrected chi connectivity index (χ2v) is 9.91. The SMILES string of the molecule is CCOC(=O)C1=C(Nc2ccccc2)S/C(=C\c2ccc(OCCNC(=O)OC(C)(C)C)c(O)c2)C1=O. The van der Waals surface area contributed by atoms with Gasteiger partial charge in [-0.2, -0.15) is 0 Å². The molecule has 10 heteroatoms. The first-order valence-corrected chi connectivity index (χ1v) is 12.5. The van der Waals surface area contributed by atoms with Crippen LogP contribution in [0.1, 0.15) is 33.3 Å². The van der Waals surface area contributed by atoms with E-state index in [1.165, 1.54) is 6.07 Å². The Morgan fingerprint density at radius 2 is 1.84 bits per heavy atom. The Morgan fingerprint density at radius 3 is 2.49 bits per heavy atom. The van der Waals surface area contributed by atoms with E-state index in [1.807, 2.05) is 30.3 Å². The van der Waals surface area contributed by atoms with Gasteiger partial charge in [0.1, 0.15) is 17.8 Å². The number of ether oxygens (including phenoxy) is 3. The van der Waals surface area contributed by atoms with Gasteiger partial charge in [0, 0.05) is 5.69 Å². The highest BCUT2D eigenvalue weighted by molar-refractivity contribution is 8.08. The summed E-state index contributed by atoms with van der Waals surface area (Å²) in [4.78, 5) is 37.6. The molecule has 1 aliphatic heterocycles. The van der Waals surface area contributed by atoms with Crippen LogP contribution in [0, 0.1) is 0 Å². The summed E-state index contributed by atoms with van der Waals surface area (Å²) in [6.07, 6.45) is 1.03. The Balaban J connectivity index is 1.67. The molecule has 0 bridgehead atoms. The molecule has 37 heavy (non-hydrogen) atoms. The summed E-state index contributed by atoms with van der Waals surface area (Å²) < 4.78 is 15.8. The van der Waals surface area contributed by atoms with Crippen LogP contribution in [-0.2, 0) is 19.1 Å². The van der Waals surface area contributed by atoms with Crippen LogP contribution in [0.4, 0.5) is 10.5 Å². The number of para-hydroxylation sites is 1. The van der Waals surface area contributed by atoms with Gasteiger partial charge in [0.2, 0.25) is 5.78 Å². The number of Topliss-reactive ketones (excluding diaryl/α,β-unsaturated/α-hetero) is 1. The number of esters is 1. The third-order valence-electron chi connectivity index (χ3n) is 4.71. The number of benzene rings is 2. The predicted octanol–water partition coefficient (Wildman–Crippen LogP) is 4.84. The molecule has 0 saturated carbocycles. The average Bonchev–Trinajstić information content (AvgIpc) is 3.12. The van der Waals surface area contributed by atoms with E-state index < -0.39 is 23.4 Å². The molecule has 3 N–H and O–H groups in total. The standard InChI is InChI=1S/C27H30N2O7S/c1-5-34-25(32)22-23(31)21(37-24(22)29-18-9-7-6-8-10-18)16-17-11-12-20(19(30)15-17)35-14-13-28-26(33)36-27(2,3)4/h6-12,15-16,29-30H,5,13-14H2,1-4H3,(H,28,33)/b21-16-. The molecular weight excluding hydrogens is 496 g/mol. The van der Waals surface area contributed by atoms with Gasteiger partial charge in [0.05, 0.1) is 23.1 Å². The molecule has 0 atom stereocenters. The van der Waals surface area contributed by atoms with E-state index in [1.54, 1.807) is 45.9 Å². The maximum absolute atomic E-state index is 13.1. The van der Waals surface area contributed by atoms with Gasteiger partial charge >= 0.3 is 12.1 Å². The third-order valence-corrected chi connectivity index (χ3v) is 5.74. The van der Waals surface area contributed by atoms with Gasteiger partial charge in [-0.3, -0.25) is 4.79 Å². The fraction of sp³-hybridized carbons (Fsp3) is 0.296. The van der Waals surface area contributed by atoms with E-state index in [2.05, 4.69) is 10.6 Å². The van der Waals surface area contributed by atoms with Crippen LogP contribution in [0.3, 0.4) is 0 Å². The normalized spacial score (nSPS) is 14.5. The second kappa shape index (κ2) is 12.4. The number of aromatic hydroxyl groups is 1. The first-order chi connectivity index (χ1) is 17.6. The van der Waals surface area contributed by atoms with Gasteiger partial charge in [-0.15, -0.1) is 0 Å². The van der Waals surface area contributed by atoms with Crippen LogP contribution in [-0.4, -0.2) is 48.3 Å². The molecule has 0 unspecified atom stereocenters. The summed E-state index contributed by atoms with van der Waals surface area (Å²) in [5.41, 5.74) is 0.596. The lowest BCUT2D eigenvalue weighted by molar-refractivity contribution is -0.139. The van der Waals surface area contributed by atoms with E-state index in [0.717, 1.165) is 17.4 Å². The fourth-order valence-electron chi connectivity index (χ4n) is 3.18. The molecular formula is C27H30N2O7S. The Bertz CT molecular complexity index is 1220. The quantitative estimate of drug-likeness (QED) is 0.182. The van der Waals surface area contributed by atoms with Crippen molar-refractivity contribution in [3.05, 3.63) is 69.6 Å². The minimum atomic E-state index is -0.701. The van der Waals surface area contributed by atoms with Crippen molar-refractivity contribution in [3.63, 3.8) is 0 Å². The number of phenols is 1. The molecule has 0 aliphatic carbocycles. The number of amides is 1. The van der Waals surface area contributed by atoms with Crippen LogP contribution in [0.25, 0.3) is 6.08 Å². The first-order valence-electron chi connectivity index (χ1n) is 11.7. The largest absolute Gasteiger partial charge is 0.504 e. The van der Waals surface area contributed by atoms with Crippen LogP contribution in [0.2, 0.25) is 0 Å². The minimum Gasteiger partial charge on any atom is -0.504 e. The molecule has 2 aromatic rings. The van der Waals surface area contributed by atoms with Gasteiger partial charge in [-0.05, 0) is 63.6 Å². The highest BCUT2D eigenvalue weighted by Crippen LogP contribution is 2.41. The Morgan fingerprint density at radius 1 is 1.11 bits per heavy atom. The number of ketones is 1. The lowest BCUT2D eigenvalue weighted by Crippen LogP contribution is -2.34. The zero-order chi connectivity index (χ0) is 27.0. The maximum atomic E-state index is 13.1. The number of phenolic OH excluding ortho intramolecular Hbond substituents is 1. The molecule has 196 valence electrons. The molecule has 0 spiro atoms. The fourth-order valence-corrected chi connectivity index (χ4v) is 4.24. The van der Waals surface area contributed by atoms with E-state index >= 15 is 0 Å². The molecule has 9 nitrogen and oxygen atoms in total. The third kappa shape index (κ3) is 8.04. The van der Waals surface area contributed by atoms with Crippen LogP contribution >= 0.6 is 11.8 Å². The summed E-state index contributed by atoms with van der Waals surface area (Å²) in [5.74, 6) is -1.08. The van der Waals surface area contributed by atoms with Crippen LogP contribution < -0.4 is 15.4 Å². The molecule has 3 rings (SSSR count). The Kier molecular flexibility index (Phi) is 9.24. The maximum Gasteiger partial charge on any atom is 0.407 e. The van der Waals surface area contributed by atoms with Gasteiger partial charge in [0.15, 0.2) is 11.5 Å². The average molecular weight is 527 g/mol. The van der Waals surface area contributed by atoms with Gasteiger partial charge < -0.3 is 30.0 Å². The lowest BCUT2D eigenvalue weighted by atomic mass is 10.1. The molecule has 0 aromatic heterocycles. The van der Waals surface area contributed by atoms with Crippen LogP contribution in [0.15, 0.2) is 64.0 Å². The van der Waals surface area contributed by atoms with Gasteiger partial charge in [-0.1, -0.05) is 36.0 Å². The van der Waals surface area contributed by atoms with Crippen molar-refractivity contribution >= 4 is 41.4 Å². The lowest BCUT2D eigenvalue weighted by Gasteiger charge is -2.19. The number of hydrogen-bond donors (Lipinski definition) is 3. The first kappa shape index (κ1) is 27.7. The van der Waals surface area contributed by atoms with E-state index in [-0.39, 0.29) is 36.8 Å². The van der Waals surface area contributed by atoms with E-state index in [9.17, 15) is 19.5 Å². The van der Waals surface area contributed by atoms with Crippen molar-refractivity contribution in [3.8, 4) is 11.5 Å². The second-order valence-electron chi connectivity index (χ2n) is 8.86. The zero-order valence-electron chi connectivity index (χ0n) is 21.1. The highest BCUT2D eigenvalue weighted by atomic mass is 32.2. The molecule has 0 fully saturated rings. The number of carbonyl (C=O) groups is 3. The van der Waals surface area contributed by atoms with Crippen molar-refractivity contribution in [2.24, 2.45) is 0 Å². The summed E-state index contributed by atoms with van der Waals surface area (Å²) in [6, 6.07) is 13.9. The van der Waals surface area contributed by atoms with Crippen LogP contribution in [0.5, 0.6) is 11.5 Å². The summed E-state index contributed by atoms with van der Waals surface area (Å²) in [6.45, 7) is 7.41. The number of allylic oxidation sites excluding steroid dienone is 1. The number of alkyl carbamates (subject to hydrolysis) is 1. The summed E-state index contributed by atoms with van der Waals surface area (Å²) in [5, 5.41) is 16.5. The van der Waals surface area contributed by atoms with E-state index in [4.69, 9.17) is 14.2 Å². The number of nitrogens with one attached hydrogen (secondary N) is 2. The Hall–Kier alpha value is -3.92. The van der Waals surface area contributed by atoms with Crippen molar-refractivity contribution in [1.29, 1.82) is 0 Å². The predicted molar refractivity (Wildman–Crippen MR) is 142 cm³/mol. The number of thioether (sulfide) groups is 1. The summed E-state index contributed by atoms with van der Waals surface area (Å²) in [7, 11) is 0. The highest BCUT2D eigenvalue weighted by Gasteiger charge is 2.35. The Labute approximate surface area is 219 Å². The number of carbonyl (C=O) groups excluding carboxylic acids is 3.